The molecule has 0 aliphatic carbocycles. The van der Waals surface area contributed by atoms with Crippen molar-refractivity contribution < 1.29 is 61.5 Å². The van der Waals surface area contributed by atoms with Gasteiger partial charge in [-0.1, -0.05) is 162 Å². The van der Waals surface area contributed by atoms with E-state index in [4.69, 9.17) is 29.0 Å². The van der Waals surface area contributed by atoms with Gasteiger partial charge in [0.2, 0.25) is 0 Å². The number of carbonyl (C=O) groups is 1. The third-order valence-electron chi connectivity index (χ3n) is 10.7. The van der Waals surface area contributed by atoms with E-state index in [1.54, 1.807) is 0 Å². The Kier molecular flexibility index (Phi) is 29.8. The van der Waals surface area contributed by atoms with Crippen molar-refractivity contribution in [2.45, 2.75) is 211 Å². The Hall–Kier alpha value is -1.75. The van der Waals surface area contributed by atoms with Gasteiger partial charge in [0, 0.05) is 19.2 Å². The summed E-state index contributed by atoms with van der Waals surface area (Å²) in [5, 5.41) is 20.9. The number of unbranched alkanes of at least 4 members (excludes halogenated alkanes) is 23. The molecule has 1 aliphatic rings. The second-order valence-electron chi connectivity index (χ2n) is 16.3. The van der Waals surface area contributed by atoms with Crippen molar-refractivity contribution in [2.75, 3.05) is 32.2 Å². The number of phosphoric acid groups is 2. The van der Waals surface area contributed by atoms with E-state index in [1.807, 2.05) is 0 Å². The van der Waals surface area contributed by atoms with Gasteiger partial charge >= 0.3 is 27.3 Å². The van der Waals surface area contributed by atoms with E-state index in [-0.39, 0.29) is 18.8 Å². The number of phosphoric ester groups is 2. The number of aliphatic hydroxyl groups excluding tert-OH is 2. The molecule has 0 aromatic carbocycles. The molecule has 0 saturated carbocycles. The number of carbonyl (C=O) groups excluding carboxylic acids is 1. The van der Waals surface area contributed by atoms with E-state index >= 15 is 0 Å². The van der Waals surface area contributed by atoms with Crippen molar-refractivity contribution in [3.05, 3.63) is 22.7 Å². The average Bonchev–Trinajstić information content (AvgIpc) is 3.49. The molecule has 2 heterocycles. The Morgan fingerprint density at radius 2 is 1.21 bits per heavy atom. The highest BCUT2D eigenvalue weighted by molar-refractivity contribution is 7.61. The number of anilines is 1. The van der Waals surface area contributed by atoms with Gasteiger partial charge in [-0.25, -0.2) is 13.9 Å². The first-order valence-corrected chi connectivity index (χ1v) is 26.1. The van der Waals surface area contributed by atoms with Gasteiger partial charge in [-0.05, 0) is 18.9 Å². The summed E-state index contributed by atoms with van der Waals surface area (Å²) in [5.41, 5.74) is 4.61. The Labute approximate surface area is 364 Å². The minimum absolute atomic E-state index is 0.0833. The summed E-state index contributed by atoms with van der Waals surface area (Å²) in [6.45, 7) is 3.11. The number of aliphatic hydroxyl groups is 2. The first-order valence-electron chi connectivity index (χ1n) is 23.1. The number of nitrogens with zero attached hydrogens (tertiary/aromatic N) is 2. The van der Waals surface area contributed by atoms with Crippen molar-refractivity contribution in [3.63, 3.8) is 0 Å². The zero-order valence-corrected chi connectivity index (χ0v) is 38.8. The third kappa shape index (κ3) is 26.0. The predicted octanol–water partition coefficient (Wildman–Crippen LogP) is 8.81. The second kappa shape index (κ2) is 32.8. The number of rotatable bonds is 39. The van der Waals surface area contributed by atoms with Gasteiger partial charge in [-0.3, -0.25) is 18.4 Å². The Balaban J connectivity index is 1.79. The first kappa shape index (κ1) is 55.4. The van der Waals surface area contributed by atoms with Crippen molar-refractivity contribution in [3.8, 4) is 0 Å². The Morgan fingerprint density at radius 1 is 0.738 bits per heavy atom. The summed E-state index contributed by atoms with van der Waals surface area (Å²) in [6, 6.07) is 1.26. The molecule has 19 heteroatoms. The van der Waals surface area contributed by atoms with Crippen LogP contribution in [0.4, 0.5) is 5.82 Å². The summed E-state index contributed by atoms with van der Waals surface area (Å²) in [7, 11) is -10.6. The molecule has 1 saturated heterocycles. The molecular formula is C42H79N3O14P2. The molecule has 0 spiro atoms. The third-order valence-corrected chi connectivity index (χ3v) is 13.3. The van der Waals surface area contributed by atoms with Crippen molar-refractivity contribution in [1.29, 1.82) is 0 Å². The lowest BCUT2D eigenvalue weighted by Gasteiger charge is -2.21. The fourth-order valence-electron chi connectivity index (χ4n) is 7.15. The molecule has 1 aromatic rings. The van der Waals surface area contributed by atoms with Crippen LogP contribution < -0.4 is 11.4 Å². The molecular weight excluding hydrogens is 832 g/mol. The van der Waals surface area contributed by atoms with E-state index in [0.717, 1.165) is 49.5 Å². The molecule has 2 rings (SSSR count). The minimum atomic E-state index is -5.35. The SMILES string of the molecule is CCCCCCCCCCCCCCCCOCC(COP(=O)(O)OP(=O)(O)OCC1OC(n2ccc(N)nc2=O)[C@@H](O)[C@@H]1O)OC(=O)CCCCCCCCCCCCC. The maximum Gasteiger partial charge on any atom is 0.481 e. The molecule has 7 atom stereocenters. The van der Waals surface area contributed by atoms with Crippen LogP contribution in [0.2, 0.25) is 0 Å². The molecule has 1 fully saturated rings. The van der Waals surface area contributed by atoms with Crippen LogP contribution in [0.3, 0.4) is 0 Å². The van der Waals surface area contributed by atoms with Gasteiger partial charge in [-0.2, -0.15) is 9.29 Å². The van der Waals surface area contributed by atoms with E-state index in [1.165, 1.54) is 121 Å². The van der Waals surface area contributed by atoms with Gasteiger partial charge in [0.25, 0.3) is 0 Å². The molecule has 17 nitrogen and oxygen atoms in total. The van der Waals surface area contributed by atoms with Crippen molar-refractivity contribution >= 4 is 27.4 Å². The lowest BCUT2D eigenvalue weighted by molar-refractivity contribution is -0.154. The molecule has 5 unspecified atom stereocenters. The number of nitrogens with two attached hydrogens (primary N) is 1. The molecule has 0 amide bonds. The van der Waals surface area contributed by atoms with E-state index in [0.29, 0.717) is 13.0 Å². The number of nitrogen functional groups attached to an aromatic ring is 1. The maximum absolute atomic E-state index is 12.8. The summed E-state index contributed by atoms with van der Waals surface area (Å²) in [4.78, 5) is 49.1. The first-order chi connectivity index (χ1) is 29.3. The Morgan fingerprint density at radius 3 is 1.72 bits per heavy atom. The number of ether oxygens (including phenoxy) is 3. The fourth-order valence-corrected chi connectivity index (χ4v) is 9.26. The quantitative estimate of drug-likeness (QED) is 0.0235. The fraction of sp³-hybridized carbons (Fsp3) is 0.881. The van der Waals surface area contributed by atoms with E-state index in [2.05, 4.69) is 23.1 Å². The Bertz CT molecular complexity index is 1460. The molecule has 6 N–H and O–H groups in total. The largest absolute Gasteiger partial charge is 0.481 e. The highest BCUT2D eigenvalue weighted by Gasteiger charge is 2.46. The molecule has 61 heavy (non-hydrogen) atoms. The topological polar surface area (TPSA) is 248 Å². The van der Waals surface area contributed by atoms with E-state index in [9.17, 15) is 38.7 Å². The molecule has 0 radical (unpaired) electrons. The smallest absolute Gasteiger partial charge is 0.457 e. The zero-order valence-electron chi connectivity index (χ0n) is 37.0. The van der Waals surface area contributed by atoms with Gasteiger partial charge in [0.05, 0.1) is 19.8 Å². The normalized spacial score (nSPS) is 20.4. The number of esters is 1. The molecule has 1 aromatic heterocycles. The summed E-state index contributed by atoms with van der Waals surface area (Å²) >= 11 is 0. The monoisotopic (exact) mass is 912 g/mol. The van der Waals surface area contributed by atoms with Crippen LogP contribution in [0, 0.1) is 0 Å². The van der Waals surface area contributed by atoms with Crippen LogP contribution in [-0.4, -0.2) is 86.4 Å². The molecule has 1 aliphatic heterocycles. The summed E-state index contributed by atoms with van der Waals surface area (Å²) in [5.74, 6) is -0.609. The molecule has 356 valence electrons. The average molecular weight is 912 g/mol. The van der Waals surface area contributed by atoms with Crippen LogP contribution in [0.5, 0.6) is 0 Å². The lowest BCUT2D eigenvalue weighted by atomic mass is 10.0. The minimum Gasteiger partial charge on any atom is -0.457 e. The van der Waals surface area contributed by atoms with Crippen LogP contribution in [0.1, 0.15) is 187 Å². The van der Waals surface area contributed by atoms with Crippen LogP contribution in [-0.2, 0) is 41.5 Å². The zero-order chi connectivity index (χ0) is 44.8. The highest BCUT2D eigenvalue weighted by atomic mass is 31.3. The van der Waals surface area contributed by atoms with Crippen LogP contribution in [0.15, 0.2) is 17.1 Å². The predicted molar refractivity (Wildman–Crippen MR) is 234 cm³/mol. The second-order valence-corrected chi connectivity index (χ2v) is 19.3. The van der Waals surface area contributed by atoms with Crippen molar-refractivity contribution in [2.24, 2.45) is 0 Å². The summed E-state index contributed by atoms with van der Waals surface area (Å²) in [6.07, 6.45) is 23.3. The highest BCUT2D eigenvalue weighted by Crippen LogP contribution is 2.60. The van der Waals surface area contributed by atoms with Gasteiger partial charge in [0.1, 0.15) is 30.2 Å². The van der Waals surface area contributed by atoms with E-state index < -0.39 is 71.2 Å². The summed E-state index contributed by atoms with van der Waals surface area (Å²) < 4.78 is 57.3. The van der Waals surface area contributed by atoms with Crippen LogP contribution in [0.25, 0.3) is 0 Å². The maximum atomic E-state index is 12.8. The van der Waals surface area contributed by atoms with Gasteiger partial charge in [-0.15, -0.1) is 0 Å². The number of hydrogen-bond acceptors (Lipinski definition) is 14. The molecule has 0 bridgehead atoms. The number of hydrogen-bond donors (Lipinski definition) is 5. The van der Waals surface area contributed by atoms with Crippen molar-refractivity contribution in [1.82, 2.24) is 9.55 Å². The lowest BCUT2D eigenvalue weighted by Crippen LogP contribution is -2.36. The number of aromatic nitrogens is 2. The van der Waals surface area contributed by atoms with Gasteiger partial charge < -0.3 is 39.9 Å². The van der Waals surface area contributed by atoms with Gasteiger partial charge in [0.15, 0.2) is 6.23 Å². The van der Waals surface area contributed by atoms with Crippen LogP contribution >= 0.6 is 15.6 Å². The standard InChI is InChI=1S/C42H79N3O14P2/c1-3-5-7-9-11-13-15-16-17-19-21-23-25-27-31-54-32-35(57-38(46)28-26-24-22-20-18-14-12-10-8-6-4-2)33-55-60(50,51)59-61(52,53)56-34-36-39(47)40(48)41(58-36)45-30-29-37(43)44-42(45)49/h29-30,35-36,39-41,47-48H,3-28,31-34H2,1-2H3,(H,50,51)(H,52,53)(H2,43,44,49)/t35?,36?,39-,40+,41?/m1/s1.